The van der Waals surface area contributed by atoms with Gasteiger partial charge in [-0.15, -0.1) is 0 Å². The fourth-order valence-electron chi connectivity index (χ4n) is 3.82. The Morgan fingerprint density at radius 1 is 1.31 bits per heavy atom. The molecule has 7 heteroatoms. The Morgan fingerprint density at radius 2 is 2.04 bits per heavy atom. The second-order valence-corrected chi connectivity index (χ2v) is 7.42. The van der Waals surface area contributed by atoms with E-state index in [4.69, 9.17) is 21.1 Å². The van der Waals surface area contributed by atoms with Gasteiger partial charge in [-0.2, -0.15) is 0 Å². The van der Waals surface area contributed by atoms with Gasteiger partial charge in [0.1, 0.15) is 5.75 Å². The van der Waals surface area contributed by atoms with Gasteiger partial charge in [0.05, 0.1) is 12.0 Å². The monoisotopic (exact) mass is 381 g/mol. The highest BCUT2D eigenvalue weighted by atomic mass is 35.5. The summed E-state index contributed by atoms with van der Waals surface area (Å²) in [6.45, 7) is 3.61. The molecule has 1 N–H and O–H groups in total. The Morgan fingerprint density at radius 3 is 2.69 bits per heavy atom. The minimum atomic E-state index is -0.780. The quantitative estimate of drug-likeness (QED) is 0.848. The van der Waals surface area contributed by atoms with Gasteiger partial charge >= 0.3 is 5.97 Å². The number of piperidine rings is 1. The van der Waals surface area contributed by atoms with E-state index < -0.39 is 11.9 Å². The number of halogens is 1. The normalized spacial score (nSPS) is 23.8. The summed E-state index contributed by atoms with van der Waals surface area (Å²) in [4.78, 5) is 25.5. The van der Waals surface area contributed by atoms with Crippen LogP contribution in [-0.4, -0.2) is 54.3 Å². The molecule has 0 spiro atoms. The van der Waals surface area contributed by atoms with Crippen LogP contribution in [0.3, 0.4) is 0 Å². The van der Waals surface area contributed by atoms with Crippen molar-refractivity contribution in [2.75, 3.05) is 26.3 Å². The van der Waals surface area contributed by atoms with Crippen LogP contribution in [0.4, 0.5) is 0 Å². The summed E-state index contributed by atoms with van der Waals surface area (Å²) in [5.74, 6) is -0.403. The van der Waals surface area contributed by atoms with Gasteiger partial charge in [-0.3, -0.25) is 9.59 Å². The molecule has 26 heavy (non-hydrogen) atoms. The molecular formula is C19H24ClNO5. The van der Waals surface area contributed by atoms with E-state index in [1.807, 2.05) is 6.92 Å². The molecule has 2 heterocycles. The van der Waals surface area contributed by atoms with Crippen molar-refractivity contribution in [1.82, 2.24) is 4.90 Å². The minimum Gasteiger partial charge on any atom is -0.483 e. The number of hydrogen-bond donors (Lipinski definition) is 1. The number of ether oxygens (including phenoxy) is 2. The van der Waals surface area contributed by atoms with E-state index in [0.29, 0.717) is 36.9 Å². The van der Waals surface area contributed by atoms with E-state index in [0.717, 1.165) is 18.4 Å². The van der Waals surface area contributed by atoms with Crippen molar-refractivity contribution >= 4 is 23.5 Å². The number of nitrogens with zero attached hydrogens (tertiary/aromatic N) is 1. The average Bonchev–Trinajstić information content (AvgIpc) is 3.11. The number of aliphatic carboxylic acids is 1. The maximum absolute atomic E-state index is 12.4. The number of carbonyl (C=O) groups excluding carboxylic acids is 1. The first-order valence-electron chi connectivity index (χ1n) is 8.97. The summed E-state index contributed by atoms with van der Waals surface area (Å²) in [6, 6.07) is 5.30. The number of amides is 1. The SMILES string of the molecule is Cc1cc(Cl)ccc1OCC(=O)N1CCC([C@@H]2OCCC2C(=O)O)CC1. The third kappa shape index (κ3) is 4.30. The van der Waals surface area contributed by atoms with Crippen molar-refractivity contribution in [1.29, 1.82) is 0 Å². The summed E-state index contributed by atoms with van der Waals surface area (Å²) in [5.41, 5.74) is 0.891. The van der Waals surface area contributed by atoms with Crippen LogP contribution in [0.1, 0.15) is 24.8 Å². The van der Waals surface area contributed by atoms with Crippen LogP contribution in [0.25, 0.3) is 0 Å². The van der Waals surface area contributed by atoms with Crippen molar-refractivity contribution in [2.24, 2.45) is 11.8 Å². The van der Waals surface area contributed by atoms with Gasteiger partial charge < -0.3 is 19.5 Å². The van der Waals surface area contributed by atoms with E-state index in [9.17, 15) is 14.7 Å². The van der Waals surface area contributed by atoms with Crippen LogP contribution in [0, 0.1) is 18.8 Å². The number of rotatable bonds is 5. The second kappa shape index (κ2) is 8.27. The maximum Gasteiger partial charge on any atom is 0.309 e. The zero-order valence-corrected chi connectivity index (χ0v) is 15.6. The number of carbonyl (C=O) groups is 2. The highest BCUT2D eigenvalue weighted by Gasteiger charge is 2.40. The summed E-state index contributed by atoms with van der Waals surface area (Å²) in [6.07, 6.45) is 1.88. The molecule has 3 rings (SSSR count). The van der Waals surface area contributed by atoms with E-state index in [1.54, 1.807) is 23.1 Å². The largest absolute Gasteiger partial charge is 0.483 e. The lowest BCUT2D eigenvalue weighted by molar-refractivity contribution is -0.146. The third-order valence-corrected chi connectivity index (χ3v) is 5.53. The molecule has 2 atom stereocenters. The molecule has 2 saturated heterocycles. The topological polar surface area (TPSA) is 76.1 Å². The lowest BCUT2D eigenvalue weighted by atomic mass is 9.84. The summed E-state index contributed by atoms with van der Waals surface area (Å²) in [7, 11) is 0. The average molecular weight is 382 g/mol. The summed E-state index contributed by atoms with van der Waals surface area (Å²) in [5, 5.41) is 9.94. The van der Waals surface area contributed by atoms with Gasteiger partial charge in [-0.1, -0.05) is 11.6 Å². The number of likely N-dealkylation sites (tertiary alicyclic amines) is 1. The Hall–Kier alpha value is -1.79. The van der Waals surface area contributed by atoms with Crippen LogP contribution in [-0.2, 0) is 14.3 Å². The molecular weight excluding hydrogens is 358 g/mol. The highest BCUT2D eigenvalue weighted by molar-refractivity contribution is 6.30. The number of benzene rings is 1. The maximum atomic E-state index is 12.4. The first kappa shape index (κ1) is 19.0. The Labute approximate surface area is 158 Å². The molecule has 0 saturated carbocycles. The van der Waals surface area contributed by atoms with E-state index in [2.05, 4.69) is 0 Å². The molecule has 0 aliphatic carbocycles. The van der Waals surface area contributed by atoms with Gasteiger partial charge in [-0.25, -0.2) is 0 Å². The molecule has 2 aliphatic rings. The van der Waals surface area contributed by atoms with E-state index >= 15 is 0 Å². The molecule has 1 unspecified atom stereocenters. The number of hydrogen-bond acceptors (Lipinski definition) is 4. The molecule has 1 aromatic rings. The molecule has 2 aliphatic heterocycles. The van der Waals surface area contributed by atoms with Gasteiger partial charge in [-0.05, 0) is 55.9 Å². The van der Waals surface area contributed by atoms with Crippen molar-refractivity contribution in [2.45, 2.75) is 32.3 Å². The summed E-state index contributed by atoms with van der Waals surface area (Å²) >= 11 is 5.92. The number of aryl methyl sites for hydroxylation is 1. The zero-order valence-electron chi connectivity index (χ0n) is 14.8. The second-order valence-electron chi connectivity index (χ2n) is 6.99. The molecule has 0 aromatic heterocycles. The fourth-order valence-corrected chi connectivity index (χ4v) is 4.05. The molecule has 2 fully saturated rings. The predicted molar refractivity (Wildman–Crippen MR) is 96.5 cm³/mol. The molecule has 142 valence electrons. The molecule has 1 amide bonds. The van der Waals surface area contributed by atoms with Gasteiger partial charge in [0, 0.05) is 24.7 Å². The number of carboxylic acid groups (broad SMARTS) is 1. The van der Waals surface area contributed by atoms with Gasteiger partial charge in [0.15, 0.2) is 6.61 Å². The fraction of sp³-hybridized carbons (Fsp3) is 0.579. The smallest absolute Gasteiger partial charge is 0.309 e. The molecule has 0 bridgehead atoms. The lowest BCUT2D eigenvalue weighted by Crippen LogP contribution is -2.44. The van der Waals surface area contributed by atoms with Crippen LogP contribution in [0.15, 0.2) is 18.2 Å². The van der Waals surface area contributed by atoms with Crippen molar-refractivity contribution < 1.29 is 24.2 Å². The van der Waals surface area contributed by atoms with Crippen molar-refractivity contribution in [3.8, 4) is 5.75 Å². The zero-order chi connectivity index (χ0) is 18.7. The Kier molecular flexibility index (Phi) is 6.04. The van der Waals surface area contributed by atoms with E-state index in [1.165, 1.54) is 0 Å². The van der Waals surface area contributed by atoms with Gasteiger partial charge in [0.2, 0.25) is 0 Å². The van der Waals surface area contributed by atoms with Crippen molar-refractivity contribution in [3.05, 3.63) is 28.8 Å². The Balaban J connectivity index is 1.48. The van der Waals surface area contributed by atoms with Crippen molar-refractivity contribution in [3.63, 3.8) is 0 Å². The van der Waals surface area contributed by atoms with Gasteiger partial charge in [0.25, 0.3) is 5.91 Å². The standard InChI is InChI=1S/C19H24ClNO5/c1-12-10-14(20)2-3-16(12)26-11-17(22)21-7-4-13(5-8-21)18-15(19(23)24)6-9-25-18/h2-3,10,13,15,18H,4-9,11H2,1H3,(H,23,24)/t15?,18-/m0/s1. The molecule has 1 aromatic carbocycles. The van der Waals surface area contributed by atoms with E-state index in [-0.39, 0.29) is 24.5 Å². The van der Waals surface area contributed by atoms with Crippen LogP contribution >= 0.6 is 11.6 Å². The first-order valence-corrected chi connectivity index (χ1v) is 9.34. The molecule has 0 radical (unpaired) electrons. The minimum absolute atomic E-state index is 0.00911. The third-order valence-electron chi connectivity index (χ3n) is 5.30. The molecule has 6 nitrogen and oxygen atoms in total. The lowest BCUT2D eigenvalue weighted by Gasteiger charge is -2.35. The van der Waals surface area contributed by atoms with Crippen LogP contribution in [0.2, 0.25) is 5.02 Å². The highest BCUT2D eigenvalue weighted by Crippen LogP contribution is 2.33. The van der Waals surface area contributed by atoms with Crippen LogP contribution < -0.4 is 4.74 Å². The van der Waals surface area contributed by atoms with Crippen LogP contribution in [0.5, 0.6) is 5.75 Å². The Bertz CT molecular complexity index is 672. The number of carboxylic acids is 1. The predicted octanol–water partition coefficient (Wildman–Crippen LogP) is 2.76. The first-order chi connectivity index (χ1) is 12.5. The summed E-state index contributed by atoms with van der Waals surface area (Å²) < 4.78 is 11.3.